The summed E-state index contributed by atoms with van der Waals surface area (Å²) in [5.41, 5.74) is -0.0624. The van der Waals surface area contributed by atoms with E-state index in [2.05, 4.69) is 10.2 Å². The van der Waals surface area contributed by atoms with Crippen LogP contribution < -0.4 is 5.32 Å². The molecule has 2 aliphatic rings. The van der Waals surface area contributed by atoms with E-state index in [0.717, 1.165) is 49.5 Å². The van der Waals surface area contributed by atoms with Gasteiger partial charge >= 0.3 is 0 Å². The average Bonchev–Trinajstić information content (AvgIpc) is 3.33. The first-order chi connectivity index (χ1) is 11.7. The Bertz CT molecular complexity index is 661. The van der Waals surface area contributed by atoms with Crippen molar-refractivity contribution in [1.29, 1.82) is 0 Å². The van der Waals surface area contributed by atoms with E-state index in [1.54, 1.807) is 6.26 Å². The summed E-state index contributed by atoms with van der Waals surface area (Å²) in [6, 6.07) is 7.84. The SMILES string of the molecule is O=C(N[C@@H]1COC2(CCN(Cc3ccco3)CC2)C1)c1cccs1. The van der Waals surface area contributed by atoms with Crippen molar-refractivity contribution in [3.63, 3.8) is 0 Å². The number of nitrogens with zero attached hydrogens (tertiary/aromatic N) is 1. The van der Waals surface area contributed by atoms with E-state index in [4.69, 9.17) is 9.15 Å². The lowest BCUT2D eigenvalue weighted by Crippen LogP contribution is -2.44. The monoisotopic (exact) mass is 346 g/mol. The highest BCUT2D eigenvalue weighted by atomic mass is 32.1. The van der Waals surface area contributed by atoms with Crippen molar-refractivity contribution in [1.82, 2.24) is 10.2 Å². The van der Waals surface area contributed by atoms with Crippen LogP contribution >= 0.6 is 11.3 Å². The molecule has 2 aromatic rings. The summed E-state index contributed by atoms with van der Waals surface area (Å²) < 4.78 is 11.6. The van der Waals surface area contributed by atoms with E-state index in [0.29, 0.717) is 6.61 Å². The number of ether oxygens (including phenoxy) is 1. The van der Waals surface area contributed by atoms with Gasteiger partial charge in [-0.15, -0.1) is 11.3 Å². The third-order valence-electron chi connectivity index (χ3n) is 5.02. The molecule has 0 aliphatic carbocycles. The van der Waals surface area contributed by atoms with Crippen molar-refractivity contribution in [3.05, 3.63) is 46.5 Å². The maximum Gasteiger partial charge on any atom is 0.261 e. The van der Waals surface area contributed by atoms with E-state index in [-0.39, 0.29) is 17.6 Å². The summed E-state index contributed by atoms with van der Waals surface area (Å²) in [6.45, 7) is 3.50. The number of nitrogens with one attached hydrogen (secondary N) is 1. The molecular weight excluding hydrogens is 324 g/mol. The van der Waals surface area contributed by atoms with Crippen LogP contribution in [-0.2, 0) is 11.3 Å². The zero-order valence-electron chi connectivity index (χ0n) is 13.6. The van der Waals surface area contributed by atoms with Gasteiger partial charge in [0.2, 0.25) is 0 Å². The molecule has 128 valence electrons. The van der Waals surface area contributed by atoms with Gasteiger partial charge < -0.3 is 14.5 Å². The van der Waals surface area contributed by atoms with E-state index in [1.165, 1.54) is 11.3 Å². The molecule has 2 aromatic heterocycles. The largest absolute Gasteiger partial charge is 0.468 e. The predicted molar refractivity (Wildman–Crippen MR) is 92.1 cm³/mol. The van der Waals surface area contributed by atoms with Crippen LogP contribution in [0.4, 0.5) is 0 Å². The van der Waals surface area contributed by atoms with Crippen molar-refractivity contribution in [2.45, 2.75) is 37.5 Å². The smallest absolute Gasteiger partial charge is 0.261 e. The lowest BCUT2D eigenvalue weighted by Gasteiger charge is -2.38. The lowest BCUT2D eigenvalue weighted by atomic mass is 9.87. The number of likely N-dealkylation sites (tertiary alicyclic amines) is 1. The van der Waals surface area contributed by atoms with Gasteiger partial charge in [-0.25, -0.2) is 0 Å². The fourth-order valence-electron chi connectivity index (χ4n) is 3.69. The number of amides is 1. The lowest BCUT2D eigenvalue weighted by molar-refractivity contribution is -0.0457. The van der Waals surface area contributed by atoms with Crippen LogP contribution in [0.25, 0.3) is 0 Å². The maximum absolute atomic E-state index is 12.2. The molecule has 0 aromatic carbocycles. The average molecular weight is 346 g/mol. The van der Waals surface area contributed by atoms with Gasteiger partial charge in [0.15, 0.2) is 0 Å². The highest BCUT2D eigenvalue weighted by Crippen LogP contribution is 2.36. The van der Waals surface area contributed by atoms with E-state index in [1.807, 2.05) is 29.6 Å². The number of furan rings is 1. The van der Waals surface area contributed by atoms with Gasteiger partial charge in [0, 0.05) is 13.1 Å². The maximum atomic E-state index is 12.2. The second-order valence-electron chi connectivity index (χ2n) is 6.70. The highest BCUT2D eigenvalue weighted by molar-refractivity contribution is 7.12. The van der Waals surface area contributed by atoms with Crippen molar-refractivity contribution in [2.75, 3.05) is 19.7 Å². The quantitative estimate of drug-likeness (QED) is 0.925. The van der Waals surface area contributed by atoms with Crippen LogP contribution in [0, 0.1) is 0 Å². The Hall–Kier alpha value is -1.63. The van der Waals surface area contributed by atoms with Gasteiger partial charge in [-0.1, -0.05) is 6.07 Å². The predicted octanol–water partition coefficient (Wildman–Crippen LogP) is 2.89. The molecule has 6 heteroatoms. The molecule has 5 nitrogen and oxygen atoms in total. The summed E-state index contributed by atoms with van der Waals surface area (Å²) >= 11 is 1.47. The molecule has 0 bridgehead atoms. The fourth-order valence-corrected chi connectivity index (χ4v) is 4.32. The topological polar surface area (TPSA) is 54.7 Å². The minimum Gasteiger partial charge on any atom is -0.468 e. The van der Waals surface area contributed by atoms with Gasteiger partial charge in [-0.2, -0.15) is 0 Å². The van der Waals surface area contributed by atoms with Crippen LogP contribution in [0.2, 0.25) is 0 Å². The summed E-state index contributed by atoms with van der Waals surface area (Å²) in [5, 5.41) is 5.05. The fraction of sp³-hybridized carbons (Fsp3) is 0.500. The van der Waals surface area contributed by atoms with Gasteiger partial charge in [-0.05, 0) is 42.8 Å². The summed E-state index contributed by atoms with van der Waals surface area (Å²) in [6.07, 6.45) is 4.67. The van der Waals surface area contributed by atoms with Crippen LogP contribution in [0.1, 0.15) is 34.7 Å². The van der Waals surface area contributed by atoms with Crippen LogP contribution in [0.15, 0.2) is 40.3 Å². The highest BCUT2D eigenvalue weighted by Gasteiger charge is 2.43. The Balaban J connectivity index is 1.28. The van der Waals surface area contributed by atoms with Gasteiger partial charge in [0.25, 0.3) is 5.91 Å². The number of carbonyl (C=O) groups excluding carboxylic acids is 1. The number of hydrogen-bond donors (Lipinski definition) is 1. The molecule has 1 N–H and O–H groups in total. The molecule has 0 radical (unpaired) electrons. The van der Waals surface area contributed by atoms with Gasteiger partial charge in [-0.3, -0.25) is 9.69 Å². The minimum absolute atomic E-state index is 0.0194. The third kappa shape index (κ3) is 3.41. The number of rotatable bonds is 4. The van der Waals surface area contributed by atoms with Crippen molar-refractivity contribution >= 4 is 17.2 Å². The Morgan fingerprint density at radius 3 is 2.92 bits per heavy atom. The second-order valence-corrected chi connectivity index (χ2v) is 7.65. The second kappa shape index (κ2) is 6.70. The molecule has 24 heavy (non-hydrogen) atoms. The Morgan fingerprint density at radius 1 is 1.33 bits per heavy atom. The number of piperidine rings is 1. The van der Waals surface area contributed by atoms with Crippen molar-refractivity contribution in [2.24, 2.45) is 0 Å². The number of carbonyl (C=O) groups is 1. The Kier molecular flexibility index (Phi) is 4.43. The van der Waals surface area contributed by atoms with E-state index < -0.39 is 0 Å². The summed E-state index contributed by atoms with van der Waals surface area (Å²) in [4.78, 5) is 15.4. The normalized spacial score (nSPS) is 23.6. The third-order valence-corrected chi connectivity index (χ3v) is 5.88. The molecule has 1 atom stereocenters. The van der Waals surface area contributed by atoms with Gasteiger partial charge in [0.05, 0.1) is 35.9 Å². The molecule has 4 rings (SSSR count). The minimum atomic E-state index is -0.0624. The van der Waals surface area contributed by atoms with Crippen molar-refractivity contribution in [3.8, 4) is 0 Å². The molecule has 2 aliphatic heterocycles. The molecule has 0 saturated carbocycles. The van der Waals surface area contributed by atoms with Crippen molar-refractivity contribution < 1.29 is 13.9 Å². The molecule has 1 amide bonds. The molecule has 1 spiro atoms. The Labute approximate surface area is 145 Å². The molecule has 4 heterocycles. The summed E-state index contributed by atoms with van der Waals surface area (Å²) in [5.74, 6) is 1.03. The number of hydrogen-bond acceptors (Lipinski definition) is 5. The first-order valence-electron chi connectivity index (χ1n) is 8.46. The van der Waals surface area contributed by atoms with E-state index >= 15 is 0 Å². The molecular formula is C18H22N2O3S. The van der Waals surface area contributed by atoms with E-state index in [9.17, 15) is 4.79 Å². The zero-order chi connectivity index (χ0) is 16.4. The Morgan fingerprint density at radius 2 is 2.21 bits per heavy atom. The zero-order valence-corrected chi connectivity index (χ0v) is 14.4. The van der Waals surface area contributed by atoms with Crippen LogP contribution in [-0.4, -0.2) is 42.1 Å². The first kappa shape index (κ1) is 15.9. The summed E-state index contributed by atoms with van der Waals surface area (Å²) in [7, 11) is 0. The van der Waals surface area contributed by atoms with Crippen LogP contribution in [0.3, 0.4) is 0 Å². The molecule has 0 unspecified atom stereocenters. The standard InChI is InChI=1S/C18H22N2O3S/c21-17(16-4-2-10-24-16)19-14-11-18(23-13-14)5-7-20(8-6-18)12-15-3-1-9-22-15/h1-4,9-10,14H,5-8,11-13H2,(H,19,21)/t14-/m0/s1. The van der Waals surface area contributed by atoms with Gasteiger partial charge in [0.1, 0.15) is 5.76 Å². The molecule has 2 fully saturated rings. The molecule has 2 saturated heterocycles. The number of thiophene rings is 1. The first-order valence-corrected chi connectivity index (χ1v) is 9.33. The van der Waals surface area contributed by atoms with Crippen LogP contribution in [0.5, 0.6) is 0 Å².